The second-order valence-electron chi connectivity index (χ2n) is 7.53. The molecule has 0 fully saturated rings. The molecule has 1 unspecified atom stereocenters. The van der Waals surface area contributed by atoms with E-state index in [0.717, 1.165) is 11.3 Å². The van der Waals surface area contributed by atoms with E-state index in [0.29, 0.717) is 46.7 Å². The topological polar surface area (TPSA) is 96.7 Å². The van der Waals surface area contributed by atoms with E-state index in [-0.39, 0.29) is 6.61 Å². The minimum absolute atomic E-state index is 0.249. The number of ether oxygens (including phenoxy) is 4. The third-order valence-corrected chi connectivity index (χ3v) is 5.50. The van der Waals surface area contributed by atoms with E-state index in [9.17, 15) is 4.79 Å². The van der Waals surface area contributed by atoms with E-state index in [1.807, 2.05) is 50.2 Å². The lowest BCUT2D eigenvalue weighted by molar-refractivity contribution is -0.139. The molecule has 0 saturated carbocycles. The summed E-state index contributed by atoms with van der Waals surface area (Å²) in [5.41, 5.74) is 2.57. The van der Waals surface area contributed by atoms with Crippen molar-refractivity contribution in [2.45, 2.75) is 26.8 Å². The van der Waals surface area contributed by atoms with Crippen LogP contribution in [-0.2, 0) is 9.53 Å². The first-order valence-electron chi connectivity index (χ1n) is 11.1. The van der Waals surface area contributed by atoms with Gasteiger partial charge < -0.3 is 24.3 Å². The van der Waals surface area contributed by atoms with Crippen LogP contribution < -0.4 is 19.5 Å². The molecule has 0 spiro atoms. The Hall–Kier alpha value is -4.01. The summed E-state index contributed by atoms with van der Waals surface area (Å²) in [5, 5.41) is 7.98. The van der Waals surface area contributed by atoms with Gasteiger partial charge in [-0.2, -0.15) is 4.98 Å². The minimum Gasteiger partial charge on any atom is -0.494 e. The molecule has 2 aromatic carbocycles. The standard InChI is InChI=1S/C25H28N4O5/c1-6-33-17-13-11-16(12-14-17)23-27-25-26-15(3)20(24(30)34-7-2)21(29(25)28-23)18-9-8-10-19(31-4)22(18)32-5/h8-14,21H,6-7H2,1-5H3,(H,26,27,28). The van der Waals surface area contributed by atoms with Crippen molar-refractivity contribution in [3.63, 3.8) is 0 Å². The number of nitrogens with one attached hydrogen (secondary N) is 1. The SMILES string of the molecule is CCOC(=O)C1=C(C)Nc2nc(-c3ccc(OCC)cc3)nn2C1c1cccc(OC)c1OC. The lowest BCUT2D eigenvalue weighted by Gasteiger charge is -2.29. The van der Waals surface area contributed by atoms with Crippen molar-refractivity contribution < 1.29 is 23.7 Å². The number of anilines is 1. The van der Waals surface area contributed by atoms with Crippen LogP contribution in [0.15, 0.2) is 53.7 Å². The number of para-hydroxylation sites is 1. The number of fused-ring (bicyclic) bond motifs is 1. The second-order valence-corrected chi connectivity index (χ2v) is 7.53. The monoisotopic (exact) mass is 464 g/mol. The van der Waals surface area contributed by atoms with Crippen LogP contribution in [0.3, 0.4) is 0 Å². The number of aromatic nitrogens is 3. The Morgan fingerprint density at radius 2 is 1.82 bits per heavy atom. The number of esters is 1. The number of carbonyl (C=O) groups is 1. The minimum atomic E-state index is -0.635. The zero-order valence-electron chi connectivity index (χ0n) is 19.9. The van der Waals surface area contributed by atoms with Crippen molar-refractivity contribution in [1.82, 2.24) is 14.8 Å². The van der Waals surface area contributed by atoms with Gasteiger partial charge in [0.2, 0.25) is 5.95 Å². The Labute approximate surface area is 198 Å². The van der Waals surface area contributed by atoms with E-state index in [2.05, 4.69) is 5.32 Å². The molecule has 2 heterocycles. The van der Waals surface area contributed by atoms with Gasteiger partial charge in [-0.05, 0) is 51.1 Å². The van der Waals surface area contributed by atoms with Crippen molar-refractivity contribution in [3.8, 4) is 28.6 Å². The van der Waals surface area contributed by atoms with Crippen molar-refractivity contribution in [1.29, 1.82) is 0 Å². The van der Waals surface area contributed by atoms with Crippen LogP contribution in [0.25, 0.3) is 11.4 Å². The number of methoxy groups -OCH3 is 2. The van der Waals surface area contributed by atoms with Crippen LogP contribution >= 0.6 is 0 Å². The Morgan fingerprint density at radius 1 is 1.06 bits per heavy atom. The first kappa shape index (κ1) is 23.2. The summed E-state index contributed by atoms with van der Waals surface area (Å²) < 4.78 is 23.8. The predicted molar refractivity (Wildman–Crippen MR) is 127 cm³/mol. The van der Waals surface area contributed by atoms with Gasteiger partial charge in [-0.1, -0.05) is 12.1 Å². The molecule has 1 aromatic heterocycles. The molecule has 9 heteroatoms. The molecule has 9 nitrogen and oxygen atoms in total. The Balaban J connectivity index is 1.87. The van der Waals surface area contributed by atoms with Crippen LogP contribution in [-0.4, -0.2) is 48.2 Å². The van der Waals surface area contributed by atoms with Gasteiger partial charge in [-0.3, -0.25) is 0 Å². The van der Waals surface area contributed by atoms with Gasteiger partial charge >= 0.3 is 5.97 Å². The van der Waals surface area contributed by atoms with Gasteiger partial charge in [0, 0.05) is 16.8 Å². The molecule has 0 saturated heterocycles. The van der Waals surface area contributed by atoms with Gasteiger partial charge in [0.05, 0.1) is 33.0 Å². The summed E-state index contributed by atoms with van der Waals surface area (Å²) in [6.45, 7) is 6.37. The van der Waals surface area contributed by atoms with Gasteiger partial charge in [0.25, 0.3) is 0 Å². The number of hydrogen-bond donors (Lipinski definition) is 1. The molecule has 0 radical (unpaired) electrons. The van der Waals surface area contributed by atoms with Crippen LogP contribution in [0.1, 0.15) is 32.4 Å². The highest BCUT2D eigenvalue weighted by molar-refractivity contribution is 5.92. The van der Waals surface area contributed by atoms with E-state index in [4.69, 9.17) is 29.0 Å². The lowest BCUT2D eigenvalue weighted by atomic mass is 9.94. The summed E-state index contributed by atoms with van der Waals surface area (Å²) in [5.74, 6) is 2.41. The van der Waals surface area contributed by atoms with E-state index in [1.54, 1.807) is 31.9 Å². The Bertz CT molecular complexity index is 1220. The van der Waals surface area contributed by atoms with Crippen molar-refractivity contribution in [3.05, 3.63) is 59.3 Å². The molecular formula is C25H28N4O5. The fourth-order valence-electron chi connectivity index (χ4n) is 4.03. The molecule has 1 atom stereocenters. The van der Waals surface area contributed by atoms with Gasteiger partial charge in [0.1, 0.15) is 11.8 Å². The molecule has 1 N–H and O–H groups in total. The molecule has 0 aliphatic carbocycles. The number of rotatable bonds is 8. The third-order valence-electron chi connectivity index (χ3n) is 5.50. The molecule has 0 amide bonds. The van der Waals surface area contributed by atoms with Crippen molar-refractivity contribution >= 4 is 11.9 Å². The van der Waals surface area contributed by atoms with E-state index < -0.39 is 12.0 Å². The number of allylic oxidation sites excluding steroid dienone is 1. The summed E-state index contributed by atoms with van der Waals surface area (Å²) >= 11 is 0. The fourth-order valence-corrected chi connectivity index (χ4v) is 4.03. The molecule has 4 rings (SSSR count). The molecular weight excluding hydrogens is 436 g/mol. The van der Waals surface area contributed by atoms with Crippen molar-refractivity contribution in [2.75, 3.05) is 32.8 Å². The van der Waals surface area contributed by atoms with Crippen LogP contribution in [0, 0.1) is 0 Å². The maximum atomic E-state index is 13.1. The molecule has 178 valence electrons. The molecule has 3 aromatic rings. The number of benzene rings is 2. The quantitative estimate of drug-likeness (QED) is 0.495. The average Bonchev–Trinajstić information content (AvgIpc) is 3.27. The van der Waals surface area contributed by atoms with Crippen molar-refractivity contribution in [2.24, 2.45) is 0 Å². The Kier molecular flexibility index (Phi) is 6.72. The highest BCUT2D eigenvalue weighted by Gasteiger charge is 2.37. The summed E-state index contributed by atoms with van der Waals surface area (Å²) in [4.78, 5) is 17.8. The fraction of sp³-hybridized carbons (Fsp3) is 0.320. The smallest absolute Gasteiger partial charge is 0.338 e. The maximum absolute atomic E-state index is 13.1. The second kappa shape index (κ2) is 9.86. The largest absolute Gasteiger partial charge is 0.494 e. The molecule has 1 aliphatic heterocycles. The number of carbonyl (C=O) groups excluding carboxylic acids is 1. The highest BCUT2D eigenvalue weighted by Crippen LogP contribution is 2.43. The summed E-state index contributed by atoms with van der Waals surface area (Å²) in [6.07, 6.45) is 0. The number of nitrogens with zero attached hydrogens (tertiary/aromatic N) is 3. The average molecular weight is 465 g/mol. The van der Waals surface area contributed by atoms with Gasteiger partial charge in [-0.15, -0.1) is 5.10 Å². The maximum Gasteiger partial charge on any atom is 0.338 e. The lowest BCUT2D eigenvalue weighted by Crippen LogP contribution is -2.30. The van der Waals surface area contributed by atoms with Gasteiger partial charge in [-0.25, -0.2) is 9.48 Å². The van der Waals surface area contributed by atoms with Crippen LogP contribution in [0.4, 0.5) is 5.95 Å². The highest BCUT2D eigenvalue weighted by atomic mass is 16.5. The molecule has 1 aliphatic rings. The predicted octanol–water partition coefficient (Wildman–Crippen LogP) is 4.21. The zero-order chi connectivity index (χ0) is 24.2. The van der Waals surface area contributed by atoms with Crippen LogP contribution in [0.2, 0.25) is 0 Å². The first-order chi connectivity index (χ1) is 16.5. The zero-order valence-corrected chi connectivity index (χ0v) is 19.9. The van der Waals surface area contributed by atoms with Gasteiger partial charge in [0.15, 0.2) is 17.3 Å². The summed E-state index contributed by atoms with van der Waals surface area (Å²) in [6, 6.07) is 12.5. The van der Waals surface area contributed by atoms with E-state index in [1.165, 1.54) is 0 Å². The Morgan fingerprint density at radius 3 is 2.47 bits per heavy atom. The van der Waals surface area contributed by atoms with E-state index >= 15 is 0 Å². The third kappa shape index (κ3) is 4.16. The normalized spacial score (nSPS) is 14.8. The molecule has 0 bridgehead atoms. The molecule has 34 heavy (non-hydrogen) atoms. The number of hydrogen-bond acceptors (Lipinski definition) is 8. The van der Waals surface area contributed by atoms with Crippen LogP contribution in [0.5, 0.6) is 17.2 Å². The first-order valence-corrected chi connectivity index (χ1v) is 11.1. The summed E-state index contributed by atoms with van der Waals surface area (Å²) in [7, 11) is 3.14.